The number of nitrogens with zero attached hydrogens (tertiary/aromatic N) is 1. The Bertz CT molecular complexity index is 771. The minimum atomic E-state index is 0.339. The Kier molecular flexibility index (Phi) is 3.55. The Hall–Kier alpha value is -2.07. The van der Waals surface area contributed by atoms with Gasteiger partial charge in [-0.1, -0.05) is 50.9 Å². The summed E-state index contributed by atoms with van der Waals surface area (Å²) in [6.45, 7) is 4.10. The van der Waals surface area contributed by atoms with Crippen LogP contribution in [0.2, 0.25) is 0 Å². The number of hydrogen-bond donors (Lipinski definition) is 1. The standard InChI is InChI=1S/C17H15BrN2O/c1-10-3-5-12(6-4-10)15-16(20-21-17(15)19)13-7-11(2)8-14(18)9-13/h3-9H,19H2,1-2H3. The lowest BCUT2D eigenvalue weighted by Gasteiger charge is -2.05. The third kappa shape index (κ3) is 2.72. The molecule has 0 atom stereocenters. The van der Waals surface area contributed by atoms with Crippen LogP contribution in [0.15, 0.2) is 51.5 Å². The van der Waals surface area contributed by atoms with Crippen LogP contribution in [0.3, 0.4) is 0 Å². The van der Waals surface area contributed by atoms with Crippen molar-refractivity contribution in [2.45, 2.75) is 13.8 Å². The van der Waals surface area contributed by atoms with Crippen LogP contribution in [-0.2, 0) is 0 Å². The molecule has 0 amide bonds. The second-order valence-electron chi connectivity index (χ2n) is 5.15. The number of hydrogen-bond acceptors (Lipinski definition) is 3. The first-order valence-corrected chi connectivity index (χ1v) is 7.43. The molecule has 0 unspecified atom stereocenters. The average molecular weight is 343 g/mol. The minimum Gasteiger partial charge on any atom is -0.367 e. The van der Waals surface area contributed by atoms with Crippen molar-refractivity contribution in [1.29, 1.82) is 0 Å². The van der Waals surface area contributed by atoms with Gasteiger partial charge in [0.2, 0.25) is 5.88 Å². The van der Waals surface area contributed by atoms with Gasteiger partial charge >= 0.3 is 0 Å². The molecular weight excluding hydrogens is 328 g/mol. The lowest BCUT2D eigenvalue weighted by atomic mass is 9.99. The van der Waals surface area contributed by atoms with Crippen molar-refractivity contribution >= 4 is 21.8 Å². The Balaban J connectivity index is 2.19. The van der Waals surface area contributed by atoms with Gasteiger partial charge in [-0.3, -0.25) is 0 Å². The van der Waals surface area contributed by atoms with Crippen molar-refractivity contribution in [1.82, 2.24) is 5.16 Å². The fourth-order valence-electron chi connectivity index (χ4n) is 2.37. The molecule has 0 saturated carbocycles. The van der Waals surface area contributed by atoms with Crippen molar-refractivity contribution < 1.29 is 4.52 Å². The van der Waals surface area contributed by atoms with Crippen molar-refractivity contribution in [3.63, 3.8) is 0 Å². The molecule has 21 heavy (non-hydrogen) atoms. The molecule has 0 saturated heterocycles. The summed E-state index contributed by atoms with van der Waals surface area (Å²) in [5, 5.41) is 4.15. The fraction of sp³-hybridized carbons (Fsp3) is 0.118. The van der Waals surface area contributed by atoms with Crippen LogP contribution in [0.1, 0.15) is 11.1 Å². The number of aryl methyl sites for hydroxylation is 2. The highest BCUT2D eigenvalue weighted by Crippen LogP contribution is 2.37. The van der Waals surface area contributed by atoms with Crippen LogP contribution in [-0.4, -0.2) is 5.16 Å². The molecule has 0 aliphatic heterocycles. The maximum atomic E-state index is 5.98. The number of rotatable bonds is 2. The highest BCUT2D eigenvalue weighted by Gasteiger charge is 2.17. The van der Waals surface area contributed by atoms with Gasteiger partial charge in [0.1, 0.15) is 5.69 Å². The summed E-state index contributed by atoms with van der Waals surface area (Å²) in [7, 11) is 0. The number of nitrogens with two attached hydrogens (primary N) is 1. The van der Waals surface area contributed by atoms with Crippen molar-refractivity contribution in [2.75, 3.05) is 5.73 Å². The molecule has 0 spiro atoms. The predicted octanol–water partition coefficient (Wildman–Crippen LogP) is 4.97. The third-order valence-electron chi connectivity index (χ3n) is 3.37. The molecule has 3 nitrogen and oxygen atoms in total. The molecule has 2 aromatic carbocycles. The van der Waals surface area contributed by atoms with Crippen LogP contribution in [0.5, 0.6) is 0 Å². The smallest absolute Gasteiger partial charge is 0.230 e. The van der Waals surface area contributed by atoms with Gasteiger partial charge in [-0.05, 0) is 43.2 Å². The van der Waals surface area contributed by atoms with Crippen LogP contribution in [0.4, 0.5) is 5.88 Å². The van der Waals surface area contributed by atoms with Gasteiger partial charge in [-0.2, -0.15) is 0 Å². The molecule has 1 heterocycles. The predicted molar refractivity (Wildman–Crippen MR) is 89.0 cm³/mol. The quantitative estimate of drug-likeness (QED) is 0.715. The van der Waals surface area contributed by atoms with Gasteiger partial charge in [-0.15, -0.1) is 0 Å². The van der Waals surface area contributed by atoms with E-state index in [1.54, 1.807) is 0 Å². The third-order valence-corrected chi connectivity index (χ3v) is 3.83. The maximum Gasteiger partial charge on any atom is 0.230 e. The first-order valence-electron chi connectivity index (χ1n) is 6.64. The van der Waals surface area contributed by atoms with Crippen LogP contribution < -0.4 is 5.73 Å². The van der Waals surface area contributed by atoms with Crippen LogP contribution in [0, 0.1) is 13.8 Å². The zero-order valence-electron chi connectivity index (χ0n) is 11.9. The molecule has 2 N–H and O–H groups in total. The number of nitrogen functional groups attached to an aromatic ring is 1. The second-order valence-corrected chi connectivity index (χ2v) is 6.07. The average Bonchev–Trinajstić information content (AvgIpc) is 2.80. The van der Waals surface area contributed by atoms with E-state index in [1.807, 2.05) is 25.1 Å². The highest BCUT2D eigenvalue weighted by molar-refractivity contribution is 9.10. The molecular formula is C17H15BrN2O. The Morgan fingerprint density at radius 3 is 2.33 bits per heavy atom. The normalized spacial score (nSPS) is 10.8. The molecule has 106 valence electrons. The molecule has 0 aliphatic carbocycles. The van der Waals surface area contributed by atoms with Gasteiger partial charge in [0.15, 0.2) is 0 Å². The van der Waals surface area contributed by atoms with Crippen LogP contribution in [0.25, 0.3) is 22.4 Å². The summed E-state index contributed by atoms with van der Waals surface area (Å²) in [4.78, 5) is 0. The van der Waals surface area contributed by atoms with E-state index in [0.29, 0.717) is 5.88 Å². The molecule has 3 aromatic rings. The zero-order chi connectivity index (χ0) is 15.0. The van der Waals surface area contributed by atoms with Gasteiger partial charge in [0.05, 0.1) is 5.56 Å². The molecule has 0 radical (unpaired) electrons. The minimum absolute atomic E-state index is 0.339. The van der Waals surface area contributed by atoms with Crippen LogP contribution >= 0.6 is 15.9 Å². The summed E-state index contributed by atoms with van der Waals surface area (Å²) in [6.07, 6.45) is 0. The van der Waals surface area contributed by atoms with E-state index in [0.717, 1.165) is 32.4 Å². The van der Waals surface area contributed by atoms with Crippen molar-refractivity contribution in [3.8, 4) is 22.4 Å². The maximum absolute atomic E-state index is 5.98. The topological polar surface area (TPSA) is 52.0 Å². The van der Waals surface area contributed by atoms with E-state index in [9.17, 15) is 0 Å². The number of benzene rings is 2. The van der Waals surface area contributed by atoms with Gasteiger partial charge in [-0.25, -0.2) is 0 Å². The first kappa shape index (κ1) is 13.9. The van der Waals surface area contributed by atoms with E-state index >= 15 is 0 Å². The van der Waals surface area contributed by atoms with Crippen molar-refractivity contribution in [3.05, 3.63) is 58.1 Å². The van der Waals surface area contributed by atoms with Gasteiger partial charge in [0.25, 0.3) is 0 Å². The fourth-order valence-corrected chi connectivity index (χ4v) is 2.98. The second kappa shape index (κ2) is 5.37. The van der Waals surface area contributed by atoms with E-state index in [1.165, 1.54) is 5.56 Å². The van der Waals surface area contributed by atoms with E-state index in [-0.39, 0.29) is 0 Å². The Morgan fingerprint density at radius 2 is 1.67 bits per heavy atom. The molecule has 3 rings (SSSR count). The SMILES string of the molecule is Cc1ccc(-c2c(-c3cc(C)cc(Br)c3)noc2N)cc1. The van der Waals surface area contributed by atoms with E-state index < -0.39 is 0 Å². The lowest BCUT2D eigenvalue weighted by Crippen LogP contribution is -1.88. The Morgan fingerprint density at radius 1 is 0.952 bits per heavy atom. The molecule has 0 bridgehead atoms. The summed E-state index contributed by atoms with van der Waals surface area (Å²) < 4.78 is 6.24. The first-order chi connectivity index (χ1) is 10.0. The number of halogens is 1. The Labute approximate surface area is 131 Å². The molecule has 0 fully saturated rings. The van der Waals surface area contributed by atoms with E-state index in [4.69, 9.17) is 10.3 Å². The zero-order valence-corrected chi connectivity index (χ0v) is 13.4. The van der Waals surface area contributed by atoms with Gasteiger partial charge in [0, 0.05) is 10.0 Å². The largest absolute Gasteiger partial charge is 0.367 e. The van der Waals surface area contributed by atoms with Crippen molar-refractivity contribution in [2.24, 2.45) is 0 Å². The monoisotopic (exact) mass is 342 g/mol. The molecule has 1 aromatic heterocycles. The summed E-state index contributed by atoms with van der Waals surface area (Å²) in [6, 6.07) is 14.3. The summed E-state index contributed by atoms with van der Waals surface area (Å²) in [5.74, 6) is 0.339. The van der Waals surface area contributed by atoms with Gasteiger partial charge < -0.3 is 10.3 Å². The summed E-state index contributed by atoms with van der Waals surface area (Å²) in [5.41, 5.74) is 11.9. The number of aromatic nitrogens is 1. The molecule has 0 aliphatic rings. The highest BCUT2D eigenvalue weighted by atomic mass is 79.9. The molecule has 4 heteroatoms. The summed E-state index contributed by atoms with van der Waals surface area (Å²) >= 11 is 3.52. The number of anilines is 1. The lowest BCUT2D eigenvalue weighted by molar-refractivity contribution is 0.439. The van der Waals surface area contributed by atoms with E-state index in [2.05, 4.69) is 52.3 Å².